The van der Waals surface area contributed by atoms with Gasteiger partial charge in [0.1, 0.15) is 0 Å². The van der Waals surface area contributed by atoms with Crippen molar-refractivity contribution in [3.05, 3.63) is 12.7 Å². The highest BCUT2D eigenvalue weighted by Gasteiger charge is 2.21. The van der Waals surface area contributed by atoms with Gasteiger partial charge in [-0.05, 0) is 31.1 Å². The minimum Gasteiger partial charge on any atom is -0.381 e. The first-order chi connectivity index (χ1) is 5.86. The Hall–Kier alpha value is 0.180. The molecule has 0 aromatic carbocycles. The van der Waals surface area contributed by atoms with Gasteiger partial charge < -0.3 is 4.74 Å². The molecular weight excluding hydrogens is 216 g/mol. The molecule has 0 bridgehead atoms. The standard InChI is InChI=1S/C10H17BrO/c1-2-3-10(6-11)8-12-7-9-4-5-9/h2,9-10H,1,3-8H2. The molecule has 0 aromatic rings. The van der Waals surface area contributed by atoms with E-state index in [1.165, 1.54) is 12.8 Å². The maximum absolute atomic E-state index is 5.59. The molecule has 0 N–H and O–H groups in total. The topological polar surface area (TPSA) is 9.23 Å². The van der Waals surface area contributed by atoms with E-state index in [1.54, 1.807) is 0 Å². The molecular formula is C10H17BrO. The highest BCUT2D eigenvalue weighted by atomic mass is 79.9. The van der Waals surface area contributed by atoms with Crippen molar-refractivity contribution in [1.82, 2.24) is 0 Å². The lowest BCUT2D eigenvalue weighted by molar-refractivity contribution is 0.0986. The molecule has 1 nitrogen and oxygen atoms in total. The van der Waals surface area contributed by atoms with E-state index in [2.05, 4.69) is 22.5 Å². The molecule has 1 rings (SSSR count). The van der Waals surface area contributed by atoms with Gasteiger partial charge in [0.2, 0.25) is 0 Å². The summed E-state index contributed by atoms with van der Waals surface area (Å²) in [7, 11) is 0. The molecule has 1 saturated carbocycles. The Morgan fingerprint density at radius 2 is 2.33 bits per heavy atom. The molecule has 0 aliphatic heterocycles. The van der Waals surface area contributed by atoms with Crippen molar-refractivity contribution in [2.24, 2.45) is 11.8 Å². The fourth-order valence-corrected chi connectivity index (χ4v) is 1.55. The average molecular weight is 233 g/mol. The van der Waals surface area contributed by atoms with Gasteiger partial charge in [-0.2, -0.15) is 0 Å². The van der Waals surface area contributed by atoms with Gasteiger partial charge in [0.05, 0.1) is 6.61 Å². The van der Waals surface area contributed by atoms with Crippen LogP contribution in [0.2, 0.25) is 0 Å². The molecule has 1 aliphatic carbocycles. The summed E-state index contributed by atoms with van der Waals surface area (Å²) < 4.78 is 5.59. The Kier molecular flexibility index (Phi) is 4.93. The van der Waals surface area contributed by atoms with Crippen LogP contribution in [0.3, 0.4) is 0 Å². The molecule has 0 heterocycles. The van der Waals surface area contributed by atoms with E-state index in [0.29, 0.717) is 5.92 Å². The van der Waals surface area contributed by atoms with E-state index in [1.807, 2.05) is 6.08 Å². The van der Waals surface area contributed by atoms with Gasteiger partial charge in [-0.15, -0.1) is 6.58 Å². The van der Waals surface area contributed by atoms with E-state index in [-0.39, 0.29) is 0 Å². The molecule has 2 heteroatoms. The predicted molar refractivity (Wildman–Crippen MR) is 55.6 cm³/mol. The largest absolute Gasteiger partial charge is 0.381 e. The zero-order valence-corrected chi connectivity index (χ0v) is 9.05. The van der Waals surface area contributed by atoms with Crippen LogP contribution < -0.4 is 0 Å². The number of halogens is 1. The minimum absolute atomic E-state index is 0.612. The summed E-state index contributed by atoms with van der Waals surface area (Å²) >= 11 is 3.47. The number of ether oxygens (including phenoxy) is 1. The average Bonchev–Trinajstić information content (AvgIpc) is 2.87. The zero-order chi connectivity index (χ0) is 8.81. The van der Waals surface area contributed by atoms with E-state index >= 15 is 0 Å². The van der Waals surface area contributed by atoms with Crippen LogP contribution in [0.1, 0.15) is 19.3 Å². The lowest BCUT2D eigenvalue weighted by Gasteiger charge is -2.11. The molecule has 0 saturated heterocycles. The highest BCUT2D eigenvalue weighted by molar-refractivity contribution is 9.09. The Morgan fingerprint density at radius 1 is 1.58 bits per heavy atom. The normalized spacial score (nSPS) is 19.1. The van der Waals surface area contributed by atoms with Crippen LogP contribution in [-0.2, 0) is 4.74 Å². The van der Waals surface area contributed by atoms with Crippen molar-refractivity contribution in [1.29, 1.82) is 0 Å². The van der Waals surface area contributed by atoms with Crippen LogP contribution in [0.4, 0.5) is 0 Å². The molecule has 0 aromatic heterocycles. The van der Waals surface area contributed by atoms with Gasteiger partial charge in [-0.1, -0.05) is 22.0 Å². The third-order valence-electron chi connectivity index (χ3n) is 2.12. The fourth-order valence-electron chi connectivity index (χ4n) is 1.10. The second-order valence-corrected chi connectivity index (χ2v) is 4.17. The predicted octanol–water partition coefficient (Wildman–Crippen LogP) is 3.00. The van der Waals surface area contributed by atoms with Crippen LogP contribution in [0.15, 0.2) is 12.7 Å². The molecule has 12 heavy (non-hydrogen) atoms. The SMILES string of the molecule is C=CCC(CBr)COCC1CC1. The summed E-state index contributed by atoms with van der Waals surface area (Å²) in [6.07, 6.45) is 5.77. The van der Waals surface area contributed by atoms with Crippen LogP contribution in [-0.4, -0.2) is 18.5 Å². The van der Waals surface area contributed by atoms with Gasteiger partial charge in [0.15, 0.2) is 0 Å². The Balaban J connectivity index is 1.96. The molecule has 1 aliphatic rings. The second kappa shape index (κ2) is 5.76. The zero-order valence-electron chi connectivity index (χ0n) is 7.47. The monoisotopic (exact) mass is 232 g/mol. The summed E-state index contributed by atoms with van der Waals surface area (Å²) in [4.78, 5) is 0. The fraction of sp³-hybridized carbons (Fsp3) is 0.800. The summed E-state index contributed by atoms with van der Waals surface area (Å²) in [6.45, 7) is 5.58. The van der Waals surface area contributed by atoms with Gasteiger partial charge in [0, 0.05) is 11.9 Å². The van der Waals surface area contributed by atoms with Crippen molar-refractivity contribution in [2.45, 2.75) is 19.3 Å². The smallest absolute Gasteiger partial charge is 0.0505 e. The number of hydrogen-bond acceptors (Lipinski definition) is 1. The molecule has 70 valence electrons. The lowest BCUT2D eigenvalue weighted by atomic mass is 10.1. The van der Waals surface area contributed by atoms with E-state index in [4.69, 9.17) is 4.74 Å². The van der Waals surface area contributed by atoms with Crippen molar-refractivity contribution in [2.75, 3.05) is 18.5 Å². The Morgan fingerprint density at radius 3 is 2.83 bits per heavy atom. The maximum atomic E-state index is 5.59. The lowest BCUT2D eigenvalue weighted by Crippen LogP contribution is -2.11. The Labute approximate surface area is 83.3 Å². The van der Waals surface area contributed by atoms with Crippen molar-refractivity contribution >= 4 is 15.9 Å². The van der Waals surface area contributed by atoms with E-state index < -0.39 is 0 Å². The van der Waals surface area contributed by atoms with Crippen molar-refractivity contribution < 1.29 is 4.74 Å². The maximum Gasteiger partial charge on any atom is 0.0505 e. The first-order valence-corrected chi connectivity index (χ1v) is 5.73. The van der Waals surface area contributed by atoms with Crippen LogP contribution in [0.25, 0.3) is 0 Å². The van der Waals surface area contributed by atoms with Gasteiger partial charge in [0.25, 0.3) is 0 Å². The van der Waals surface area contributed by atoms with Crippen molar-refractivity contribution in [3.63, 3.8) is 0 Å². The second-order valence-electron chi connectivity index (χ2n) is 3.53. The number of alkyl halides is 1. The summed E-state index contributed by atoms with van der Waals surface area (Å²) in [5, 5.41) is 1.02. The van der Waals surface area contributed by atoms with Crippen molar-refractivity contribution in [3.8, 4) is 0 Å². The number of allylic oxidation sites excluding steroid dienone is 1. The summed E-state index contributed by atoms with van der Waals surface area (Å²) in [5.41, 5.74) is 0. The van der Waals surface area contributed by atoms with Gasteiger partial charge >= 0.3 is 0 Å². The summed E-state index contributed by atoms with van der Waals surface area (Å²) in [5.74, 6) is 1.49. The third kappa shape index (κ3) is 4.27. The van der Waals surface area contributed by atoms with Crippen LogP contribution in [0, 0.1) is 11.8 Å². The van der Waals surface area contributed by atoms with E-state index in [0.717, 1.165) is 30.9 Å². The number of rotatable bonds is 7. The molecule has 1 atom stereocenters. The molecule has 0 radical (unpaired) electrons. The molecule has 0 amide bonds. The van der Waals surface area contributed by atoms with Gasteiger partial charge in [-0.25, -0.2) is 0 Å². The first-order valence-electron chi connectivity index (χ1n) is 4.61. The minimum atomic E-state index is 0.612. The quantitative estimate of drug-likeness (QED) is 0.485. The van der Waals surface area contributed by atoms with E-state index in [9.17, 15) is 0 Å². The van der Waals surface area contributed by atoms with Crippen LogP contribution >= 0.6 is 15.9 Å². The van der Waals surface area contributed by atoms with Crippen LogP contribution in [0.5, 0.6) is 0 Å². The van der Waals surface area contributed by atoms with Gasteiger partial charge in [-0.3, -0.25) is 0 Å². The third-order valence-corrected chi connectivity index (χ3v) is 3.04. The highest BCUT2D eigenvalue weighted by Crippen LogP contribution is 2.29. The molecule has 1 fully saturated rings. The Bertz CT molecular complexity index is 132. The molecule has 1 unspecified atom stereocenters. The first kappa shape index (κ1) is 10.3. The molecule has 0 spiro atoms. The number of hydrogen-bond donors (Lipinski definition) is 0. The summed E-state index contributed by atoms with van der Waals surface area (Å²) in [6, 6.07) is 0.